The molecule has 150 valence electrons. The summed E-state index contributed by atoms with van der Waals surface area (Å²) in [5.41, 5.74) is 1.40. The molecule has 7 nitrogen and oxygen atoms in total. The van der Waals surface area contributed by atoms with Gasteiger partial charge in [0.1, 0.15) is 17.4 Å². The first kappa shape index (κ1) is 19.8. The molecule has 1 unspecified atom stereocenters. The molecular weight excluding hydrogens is 370 g/mol. The van der Waals surface area contributed by atoms with Gasteiger partial charge in [0, 0.05) is 30.6 Å². The molecule has 1 aliphatic heterocycles. The monoisotopic (exact) mass is 392 g/mol. The van der Waals surface area contributed by atoms with Crippen molar-refractivity contribution in [2.45, 2.75) is 45.7 Å². The number of likely N-dealkylation sites (tertiary alicyclic amines) is 1. The number of urea groups is 1. The quantitative estimate of drug-likeness (QED) is 0.836. The van der Waals surface area contributed by atoms with Crippen molar-refractivity contribution in [2.75, 3.05) is 11.9 Å². The first-order chi connectivity index (χ1) is 13.3. The molecule has 1 fully saturated rings. The Hall–Kier alpha value is -2.97. The minimum Gasteiger partial charge on any atom is -0.361 e. The minimum absolute atomic E-state index is 0.0131. The number of nitrogens with zero attached hydrogens (tertiary/aromatic N) is 2. The lowest BCUT2D eigenvalue weighted by Crippen LogP contribution is -2.38. The van der Waals surface area contributed by atoms with Crippen LogP contribution in [0.2, 0.25) is 0 Å². The molecule has 1 saturated heterocycles. The summed E-state index contributed by atoms with van der Waals surface area (Å²) in [7, 11) is 0. The SMILES string of the molecule is Cc1noc(C)c1CN1CCC(NC(=O)Nc2cc(F)ccc2F)CCC1=O. The van der Waals surface area contributed by atoms with Crippen molar-refractivity contribution in [3.05, 3.63) is 46.9 Å². The van der Waals surface area contributed by atoms with Crippen LogP contribution in [0, 0.1) is 25.5 Å². The zero-order valence-electron chi connectivity index (χ0n) is 15.7. The third kappa shape index (κ3) is 4.65. The molecule has 0 spiro atoms. The highest BCUT2D eigenvalue weighted by molar-refractivity contribution is 5.89. The highest BCUT2D eigenvalue weighted by Gasteiger charge is 2.25. The number of benzene rings is 1. The van der Waals surface area contributed by atoms with E-state index in [2.05, 4.69) is 15.8 Å². The van der Waals surface area contributed by atoms with Crippen LogP contribution in [-0.2, 0) is 11.3 Å². The van der Waals surface area contributed by atoms with Crippen molar-refractivity contribution in [2.24, 2.45) is 0 Å². The normalized spacial score (nSPS) is 17.4. The van der Waals surface area contributed by atoms with Gasteiger partial charge in [0.05, 0.1) is 17.9 Å². The second-order valence-corrected chi connectivity index (χ2v) is 6.86. The molecule has 0 aliphatic carbocycles. The summed E-state index contributed by atoms with van der Waals surface area (Å²) < 4.78 is 32.0. The number of carbonyl (C=O) groups is 2. The number of rotatable bonds is 4. The van der Waals surface area contributed by atoms with Gasteiger partial charge in [0.25, 0.3) is 0 Å². The lowest BCUT2D eigenvalue weighted by molar-refractivity contribution is -0.131. The van der Waals surface area contributed by atoms with Gasteiger partial charge in [-0.05, 0) is 38.8 Å². The molecule has 28 heavy (non-hydrogen) atoms. The molecule has 1 aromatic heterocycles. The lowest BCUT2D eigenvalue weighted by Gasteiger charge is -2.21. The van der Waals surface area contributed by atoms with Crippen LogP contribution in [0.3, 0.4) is 0 Å². The summed E-state index contributed by atoms with van der Waals surface area (Å²) in [6.07, 6.45) is 1.30. The maximum atomic E-state index is 13.6. The minimum atomic E-state index is -0.724. The van der Waals surface area contributed by atoms with Crippen LogP contribution in [0.5, 0.6) is 0 Å². The van der Waals surface area contributed by atoms with Crippen LogP contribution >= 0.6 is 0 Å². The van der Waals surface area contributed by atoms with E-state index in [1.165, 1.54) is 0 Å². The third-order valence-electron chi connectivity index (χ3n) is 4.85. The van der Waals surface area contributed by atoms with Crippen molar-refractivity contribution in [1.29, 1.82) is 0 Å². The molecule has 1 atom stereocenters. The Labute approximate surface area is 161 Å². The van der Waals surface area contributed by atoms with E-state index >= 15 is 0 Å². The number of anilines is 1. The van der Waals surface area contributed by atoms with Crippen molar-refractivity contribution >= 4 is 17.6 Å². The smallest absolute Gasteiger partial charge is 0.319 e. The molecule has 2 N–H and O–H groups in total. The number of halogens is 2. The van der Waals surface area contributed by atoms with Crippen molar-refractivity contribution in [1.82, 2.24) is 15.4 Å². The van der Waals surface area contributed by atoms with E-state index in [1.807, 2.05) is 6.92 Å². The Morgan fingerprint density at radius 1 is 1.32 bits per heavy atom. The van der Waals surface area contributed by atoms with Crippen molar-refractivity contribution in [3.8, 4) is 0 Å². The van der Waals surface area contributed by atoms with E-state index in [0.717, 1.165) is 29.5 Å². The molecular formula is C19H22F2N4O3. The van der Waals surface area contributed by atoms with Crippen LogP contribution in [-0.4, -0.2) is 34.6 Å². The van der Waals surface area contributed by atoms with Crippen LogP contribution < -0.4 is 10.6 Å². The van der Waals surface area contributed by atoms with Crippen molar-refractivity contribution < 1.29 is 22.9 Å². The average Bonchev–Trinajstić information content (AvgIpc) is 2.85. The first-order valence-corrected chi connectivity index (χ1v) is 9.05. The Morgan fingerprint density at radius 3 is 2.82 bits per heavy atom. The number of aromatic nitrogens is 1. The largest absolute Gasteiger partial charge is 0.361 e. The number of carbonyl (C=O) groups excluding carboxylic acids is 2. The summed E-state index contributed by atoms with van der Waals surface area (Å²) in [5.74, 6) is -0.702. The zero-order chi connectivity index (χ0) is 20.3. The highest BCUT2D eigenvalue weighted by atomic mass is 19.1. The molecule has 2 aromatic rings. The van der Waals surface area contributed by atoms with E-state index < -0.39 is 17.7 Å². The highest BCUT2D eigenvalue weighted by Crippen LogP contribution is 2.20. The number of amides is 3. The third-order valence-corrected chi connectivity index (χ3v) is 4.85. The number of hydrogen-bond donors (Lipinski definition) is 2. The molecule has 1 aromatic carbocycles. The standard InChI is InChI=1S/C19H22F2N4O3/c1-11-15(12(2)28-24-11)10-25-8-7-14(4-6-18(25)26)22-19(27)23-17-9-13(20)3-5-16(17)21/h3,5,9,14H,4,6-8,10H2,1-2H3,(H2,22,23,27). The van der Waals surface area contributed by atoms with Gasteiger partial charge in [-0.2, -0.15) is 0 Å². The maximum Gasteiger partial charge on any atom is 0.319 e. The molecule has 2 heterocycles. The molecule has 3 rings (SSSR count). The summed E-state index contributed by atoms with van der Waals surface area (Å²) in [5, 5.41) is 8.94. The van der Waals surface area contributed by atoms with Gasteiger partial charge in [-0.25, -0.2) is 13.6 Å². The molecule has 0 radical (unpaired) electrons. The van der Waals surface area contributed by atoms with Crippen LogP contribution in [0.25, 0.3) is 0 Å². The molecule has 0 saturated carbocycles. The van der Waals surface area contributed by atoms with E-state index in [0.29, 0.717) is 31.7 Å². The molecule has 0 bridgehead atoms. The second-order valence-electron chi connectivity index (χ2n) is 6.86. The van der Waals surface area contributed by atoms with E-state index in [-0.39, 0.29) is 24.1 Å². The molecule has 1 aliphatic rings. The van der Waals surface area contributed by atoms with Gasteiger partial charge in [0.15, 0.2) is 0 Å². The van der Waals surface area contributed by atoms with Crippen molar-refractivity contribution in [3.63, 3.8) is 0 Å². The average molecular weight is 392 g/mol. The fraction of sp³-hybridized carbons (Fsp3) is 0.421. The van der Waals surface area contributed by atoms with Crippen LogP contribution in [0.15, 0.2) is 22.7 Å². The van der Waals surface area contributed by atoms with Gasteiger partial charge in [0.2, 0.25) is 5.91 Å². The Bertz CT molecular complexity index is 865. The Morgan fingerprint density at radius 2 is 2.11 bits per heavy atom. The van der Waals surface area contributed by atoms with Gasteiger partial charge >= 0.3 is 6.03 Å². The van der Waals surface area contributed by atoms with Crippen LogP contribution in [0.1, 0.15) is 36.3 Å². The predicted molar refractivity (Wildman–Crippen MR) is 97.5 cm³/mol. The predicted octanol–water partition coefficient (Wildman–Crippen LogP) is 3.27. The number of aryl methyl sites for hydroxylation is 2. The summed E-state index contributed by atoms with van der Waals surface area (Å²) in [6, 6.07) is 1.94. The number of hydrogen-bond acceptors (Lipinski definition) is 4. The summed E-state index contributed by atoms with van der Waals surface area (Å²) in [6.45, 7) is 4.50. The fourth-order valence-corrected chi connectivity index (χ4v) is 3.20. The van der Waals surface area contributed by atoms with E-state index in [4.69, 9.17) is 4.52 Å². The first-order valence-electron chi connectivity index (χ1n) is 9.05. The van der Waals surface area contributed by atoms with Gasteiger partial charge < -0.3 is 20.1 Å². The zero-order valence-corrected chi connectivity index (χ0v) is 15.7. The summed E-state index contributed by atoms with van der Waals surface area (Å²) >= 11 is 0. The Balaban J connectivity index is 1.57. The topological polar surface area (TPSA) is 87.5 Å². The molecule has 3 amide bonds. The lowest BCUT2D eigenvalue weighted by atomic mass is 10.1. The maximum absolute atomic E-state index is 13.6. The van der Waals surface area contributed by atoms with E-state index in [1.54, 1.807) is 11.8 Å². The van der Waals surface area contributed by atoms with Gasteiger partial charge in [-0.3, -0.25) is 4.79 Å². The van der Waals surface area contributed by atoms with Gasteiger partial charge in [-0.15, -0.1) is 0 Å². The molecule has 9 heteroatoms. The summed E-state index contributed by atoms with van der Waals surface area (Å²) in [4.78, 5) is 26.3. The Kier molecular flexibility index (Phi) is 5.91. The fourth-order valence-electron chi connectivity index (χ4n) is 3.20. The van der Waals surface area contributed by atoms with E-state index in [9.17, 15) is 18.4 Å². The van der Waals surface area contributed by atoms with Gasteiger partial charge in [-0.1, -0.05) is 5.16 Å². The number of nitrogens with one attached hydrogen (secondary N) is 2. The van der Waals surface area contributed by atoms with Crippen LogP contribution in [0.4, 0.5) is 19.3 Å². The second kappa shape index (κ2) is 8.37.